The number of aliphatic hydroxyl groups excluding tert-OH is 1. The minimum Gasteiger partial charge on any atom is -0.394 e. The second-order valence-corrected chi connectivity index (χ2v) is 5.26. The molecule has 0 aliphatic carbocycles. The molecule has 2 aromatic carbocycles. The van der Waals surface area contributed by atoms with Crippen LogP contribution in [0.5, 0.6) is 0 Å². The summed E-state index contributed by atoms with van der Waals surface area (Å²) in [5, 5.41) is 14.2. The van der Waals surface area contributed by atoms with E-state index >= 15 is 0 Å². The smallest absolute Gasteiger partial charge is 0.0747 e. The zero-order valence-electron chi connectivity index (χ0n) is 10.5. The number of aryl methyl sites for hydroxylation is 1. The average Bonchev–Trinajstić information content (AvgIpc) is 2.37. The van der Waals surface area contributed by atoms with Gasteiger partial charge in [0.25, 0.3) is 0 Å². The average molecular weight is 296 g/mol. The number of nitrogens with one attached hydrogen (secondary N) is 1. The maximum absolute atomic E-state index is 9.58. The molecule has 2 rings (SSSR count). The van der Waals surface area contributed by atoms with E-state index in [1.165, 1.54) is 0 Å². The maximum atomic E-state index is 9.58. The van der Waals surface area contributed by atoms with E-state index in [0.29, 0.717) is 10.0 Å². The predicted molar refractivity (Wildman–Crippen MR) is 81.1 cm³/mol. The molecule has 0 fully saturated rings. The van der Waals surface area contributed by atoms with E-state index in [0.717, 1.165) is 16.8 Å². The first-order chi connectivity index (χ1) is 9.10. The minimum absolute atomic E-state index is 0.00497. The zero-order chi connectivity index (χ0) is 13.8. The third-order valence-corrected chi connectivity index (χ3v) is 3.43. The van der Waals surface area contributed by atoms with Crippen molar-refractivity contribution in [1.82, 2.24) is 0 Å². The van der Waals surface area contributed by atoms with Crippen LogP contribution in [0.1, 0.15) is 17.2 Å². The highest BCUT2D eigenvalue weighted by Gasteiger charge is 2.13. The zero-order valence-corrected chi connectivity index (χ0v) is 12.0. The molecule has 19 heavy (non-hydrogen) atoms. The van der Waals surface area contributed by atoms with E-state index in [-0.39, 0.29) is 12.6 Å². The van der Waals surface area contributed by atoms with Crippen molar-refractivity contribution >= 4 is 28.9 Å². The molecule has 0 aromatic heterocycles. The van der Waals surface area contributed by atoms with E-state index in [1.807, 2.05) is 49.4 Å². The molecule has 2 aromatic rings. The molecule has 0 radical (unpaired) electrons. The van der Waals surface area contributed by atoms with Crippen molar-refractivity contribution in [2.24, 2.45) is 0 Å². The van der Waals surface area contributed by atoms with Gasteiger partial charge in [-0.25, -0.2) is 0 Å². The van der Waals surface area contributed by atoms with Crippen LogP contribution in [0.2, 0.25) is 10.0 Å². The van der Waals surface area contributed by atoms with Crippen LogP contribution >= 0.6 is 23.2 Å². The van der Waals surface area contributed by atoms with Crippen LogP contribution in [0, 0.1) is 6.92 Å². The van der Waals surface area contributed by atoms with Gasteiger partial charge in [0, 0.05) is 15.7 Å². The Labute approximate surface area is 123 Å². The lowest BCUT2D eigenvalue weighted by molar-refractivity contribution is 0.276. The standard InChI is InChI=1S/C15H15Cl2NO/c1-10-7-12(17)5-6-14(10)15(9-19)18-13-4-2-3-11(16)8-13/h2-8,15,18-19H,9H2,1H3. The Morgan fingerprint density at radius 1 is 1.11 bits per heavy atom. The third-order valence-electron chi connectivity index (χ3n) is 2.96. The molecule has 0 spiro atoms. The fraction of sp³-hybridized carbons (Fsp3) is 0.200. The first-order valence-electron chi connectivity index (χ1n) is 5.99. The molecule has 2 nitrogen and oxygen atoms in total. The summed E-state index contributed by atoms with van der Waals surface area (Å²) in [6.45, 7) is 1.97. The lowest BCUT2D eigenvalue weighted by Gasteiger charge is -2.20. The molecule has 0 aliphatic rings. The SMILES string of the molecule is Cc1cc(Cl)ccc1C(CO)Nc1cccc(Cl)c1. The Morgan fingerprint density at radius 2 is 1.84 bits per heavy atom. The van der Waals surface area contributed by atoms with Crippen molar-refractivity contribution in [3.63, 3.8) is 0 Å². The first-order valence-corrected chi connectivity index (χ1v) is 6.75. The van der Waals surface area contributed by atoms with E-state index in [2.05, 4.69) is 5.32 Å². The van der Waals surface area contributed by atoms with Crippen molar-refractivity contribution in [2.45, 2.75) is 13.0 Å². The van der Waals surface area contributed by atoms with Crippen LogP contribution in [0.4, 0.5) is 5.69 Å². The van der Waals surface area contributed by atoms with Gasteiger partial charge in [-0.1, -0.05) is 35.3 Å². The lowest BCUT2D eigenvalue weighted by atomic mass is 10.0. The molecule has 2 N–H and O–H groups in total. The Hall–Kier alpha value is -1.22. The molecular formula is C15H15Cl2NO. The molecule has 1 unspecified atom stereocenters. The van der Waals surface area contributed by atoms with Crippen LogP contribution in [-0.4, -0.2) is 11.7 Å². The molecule has 0 amide bonds. The summed E-state index contributed by atoms with van der Waals surface area (Å²) < 4.78 is 0. The highest BCUT2D eigenvalue weighted by atomic mass is 35.5. The van der Waals surface area contributed by atoms with Crippen LogP contribution in [-0.2, 0) is 0 Å². The fourth-order valence-corrected chi connectivity index (χ4v) is 2.45. The monoisotopic (exact) mass is 295 g/mol. The van der Waals surface area contributed by atoms with Crippen molar-refractivity contribution in [1.29, 1.82) is 0 Å². The Kier molecular flexibility index (Phi) is 4.70. The van der Waals surface area contributed by atoms with Gasteiger partial charge in [0.1, 0.15) is 0 Å². The Morgan fingerprint density at radius 3 is 2.47 bits per heavy atom. The summed E-state index contributed by atoms with van der Waals surface area (Å²) in [7, 11) is 0. The number of anilines is 1. The van der Waals surface area contributed by atoms with Crippen LogP contribution in [0.15, 0.2) is 42.5 Å². The summed E-state index contributed by atoms with van der Waals surface area (Å²) in [6, 6.07) is 12.9. The number of rotatable bonds is 4. The fourth-order valence-electron chi connectivity index (χ4n) is 2.03. The second kappa shape index (κ2) is 6.29. The number of aliphatic hydroxyl groups is 1. The van der Waals surface area contributed by atoms with E-state index in [1.54, 1.807) is 0 Å². The van der Waals surface area contributed by atoms with Crippen molar-refractivity contribution in [2.75, 3.05) is 11.9 Å². The molecule has 4 heteroatoms. The van der Waals surface area contributed by atoms with Gasteiger partial charge in [-0.15, -0.1) is 0 Å². The molecule has 0 heterocycles. The van der Waals surface area contributed by atoms with Crippen LogP contribution in [0.25, 0.3) is 0 Å². The summed E-state index contributed by atoms with van der Waals surface area (Å²) in [4.78, 5) is 0. The molecular weight excluding hydrogens is 281 g/mol. The van der Waals surface area contributed by atoms with Gasteiger partial charge < -0.3 is 10.4 Å². The normalized spacial score (nSPS) is 12.2. The quantitative estimate of drug-likeness (QED) is 0.873. The Bertz CT molecular complexity index is 572. The van der Waals surface area contributed by atoms with Crippen molar-refractivity contribution in [3.8, 4) is 0 Å². The number of hydrogen-bond acceptors (Lipinski definition) is 2. The molecule has 100 valence electrons. The Balaban J connectivity index is 2.25. The first kappa shape index (κ1) is 14.2. The molecule has 0 aliphatic heterocycles. The molecule has 1 atom stereocenters. The van der Waals surface area contributed by atoms with Gasteiger partial charge in [0.05, 0.1) is 12.6 Å². The topological polar surface area (TPSA) is 32.3 Å². The van der Waals surface area contributed by atoms with Gasteiger partial charge in [0.2, 0.25) is 0 Å². The van der Waals surface area contributed by atoms with E-state index in [4.69, 9.17) is 23.2 Å². The van der Waals surface area contributed by atoms with Gasteiger partial charge in [-0.3, -0.25) is 0 Å². The number of benzene rings is 2. The molecule has 0 saturated heterocycles. The number of hydrogen-bond donors (Lipinski definition) is 2. The van der Waals surface area contributed by atoms with Crippen molar-refractivity contribution < 1.29 is 5.11 Å². The summed E-state index contributed by atoms with van der Waals surface area (Å²) in [5.74, 6) is 0. The highest BCUT2D eigenvalue weighted by molar-refractivity contribution is 6.31. The van der Waals surface area contributed by atoms with Gasteiger partial charge in [-0.2, -0.15) is 0 Å². The van der Waals surface area contributed by atoms with E-state index < -0.39 is 0 Å². The van der Waals surface area contributed by atoms with Gasteiger partial charge in [-0.05, 0) is 48.4 Å². The largest absolute Gasteiger partial charge is 0.394 e. The van der Waals surface area contributed by atoms with E-state index in [9.17, 15) is 5.11 Å². The minimum atomic E-state index is -0.185. The van der Waals surface area contributed by atoms with Gasteiger partial charge in [0.15, 0.2) is 0 Å². The summed E-state index contributed by atoms with van der Waals surface area (Å²) >= 11 is 11.9. The summed E-state index contributed by atoms with van der Waals surface area (Å²) in [5.41, 5.74) is 2.94. The summed E-state index contributed by atoms with van der Waals surface area (Å²) in [6.07, 6.45) is 0. The molecule has 0 saturated carbocycles. The van der Waals surface area contributed by atoms with Crippen LogP contribution in [0.3, 0.4) is 0 Å². The maximum Gasteiger partial charge on any atom is 0.0747 e. The van der Waals surface area contributed by atoms with Gasteiger partial charge >= 0.3 is 0 Å². The van der Waals surface area contributed by atoms with Crippen molar-refractivity contribution in [3.05, 3.63) is 63.6 Å². The second-order valence-electron chi connectivity index (χ2n) is 4.39. The number of halogens is 2. The van der Waals surface area contributed by atoms with Crippen LogP contribution < -0.4 is 5.32 Å². The molecule has 0 bridgehead atoms. The predicted octanol–water partition coefficient (Wildman–Crippen LogP) is 4.45. The third kappa shape index (κ3) is 3.63. The highest BCUT2D eigenvalue weighted by Crippen LogP contribution is 2.25. The lowest BCUT2D eigenvalue weighted by Crippen LogP contribution is -2.16.